The summed E-state index contributed by atoms with van der Waals surface area (Å²) in [5.74, 6) is 2.28. The largest absolute Gasteiger partial charge is 0.376 e. The number of hydrogen-bond donors (Lipinski definition) is 2. The second-order valence-electron chi connectivity index (χ2n) is 4.22. The van der Waals surface area contributed by atoms with Crippen LogP contribution in [0, 0.1) is 12.3 Å². The van der Waals surface area contributed by atoms with Crippen LogP contribution in [0.25, 0.3) is 0 Å². The Labute approximate surface area is 133 Å². The van der Waals surface area contributed by atoms with Gasteiger partial charge >= 0.3 is 0 Å². The Bertz CT molecular complexity index is 687. The van der Waals surface area contributed by atoms with E-state index in [1.54, 1.807) is 24.3 Å². The summed E-state index contributed by atoms with van der Waals surface area (Å²) < 4.78 is 0. The predicted octanol–water partition coefficient (Wildman–Crippen LogP) is 4.03. The lowest BCUT2D eigenvalue weighted by Gasteiger charge is -2.10. The molecule has 21 heavy (non-hydrogen) atoms. The van der Waals surface area contributed by atoms with E-state index < -0.39 is 0 Å². The molecule has 0 aliphatic rings. The minimum atomic E-state index is -0.254. The zero-order valence-corrected chi connectivity index (χ0v) is 12.5. The Morgan fingerprint density at radius 3 is 2.48 bits per heavy atom. The molecule has 0 fully saturated rings. The van der Waals surface area contributed by atoms with Gasteiger partial charge in [0.1, 0.15) is 0 Å². The smallest absolute Gasteiger partial charge is 0.243 e. The van der Waals surface area contributed by atoms with Gasteiger partial charge in [0.2, 0.25) is 5.91 Å². The van der Waals surface area contributed by atoms with E-state index >= 15 is 0 Å². The summed E-state index contributed by atoms with van der Waals surface area (Å²) in [6.45, 7) is 0.0789. The molecular weight excluding hydrogens is 307 g/mol. The maximum atomic E-state index is 11.9. The first-order chi connectivity index (χ1) is 10.1. The first-order valence-electron chi connectivity index (χ1n) is 6.14. The highest BCUT2D eigenvalue weighted by atomic mass is 35.5. The summed E-state index contributed by atoms with van der Waals surface area (Å²) in [6, 6.07) is 12.3. The SMILES string of the molecule is C#Cc1cccc(NCC(=O)Nc2c(Cl)cccc2Cl)c1. The molecule has 106 valence electrons. The van der Waals surface area contributed by atoms with Crippen molar-refractivity contribution in [1.29, 1.82) is 0 Å². The molecule has 2 aromatic carbocycles. The molecule has 0 atom stereocenters. The van der Waals surface area contributed by atoms with Gasteiger partial charge in [-0.2, -0.15) is 0 Å². The number of rotatable bonds is 4. The molecule has 2 rings (SSSR count). The Balaban J connectivity index is 1.98. The topological polar surface area (TPSA) is 41.1 Å². The van der Waals surface area contributed by atoms with Crippen molar-refractivity contribution in [3.63, 3.8) is 0 Å². The van der Waals surface area contributed by atoms with Crippen molar-refractivity contribution in [2.24, 2.45) is 0 Å². The van der Waals surface area contributed by atoms with E-state index in [1.165, 1.54) is 0 Å². The van der Waals surface area contributed by atoms with E-state index in [4.69, 9.17) is 29.6 Å². The van der Waals surface area contributed by atoms with E-state index in [9.17, 15) is 4.79 Å². The number of anilines is 2. The van der Waals surface area contributed by atoms with E-state index in [1.807, 2.05) is 18.2 Å². The molecule has 3 nitrogen and oxygen atoms in total. The van der Waals surface area contributed by atoms with Crippen LogP contribution in [0.15, 0.2) is 42.5 Å². The van der Waals surface area contributed by atoms with E-state index in [0.717, 1.165) is 11.3 Å². The normalized spacial score (nSPS) is 9.76. The van der Waals surface area contributed by atoms with Gasteiger partial charge in [-0.05, 0) is 30.3 Å². The lowest BCUT2D eigenvalue weighted by molar-refractivity contribution is -0.114. The molecule has 0 bridgehead atoms. The Morgan fingerprint density at radius 2 is 1.81 bits per heavy atom. The van der Waals surface area contributed by atoms with Gasteiger partial charge in [-0.3, -0.25) is 4.79 Å². The fraction of sp³-hybridized carbons (Fsp3) is 0.0625. The van der Waals surface area contributed by atoms with E-state index in [-0.39, 0.29) is 12.5 Å². The van der Waals surface area contributed by atoms with Crippen LogP contribution in [0.4, 0.5) is 11.4 Å². The predicted molar refractivity (Wildman–Crippen MR) is 88.0 cm³/mol. The van der Waals surface area contributed by atoms with Crippen molar-refractivity contribution in [3.05, 3.63) is 58.1 Å². The molecule has 0 unspecified atom stereocenters. The number of terminal acetylenes is 1. The number of nitrogens with one attached hydrogen (secondary N) is 2. The second kappa shape index (κ2) is 7.03. The van der Waals surface area contributed by atoms with Crippen molar-refractivity contribution >= 4 is 40.5 Å². The first-order valence-corrected chi connectivity index (χ1v) is 6.90. The fourth-order valence-electron chi connectivity index (χ4n) is 1.70. The van der Waals surface area contributed by atoms with Gasteiger partial charge in [-0.25, -0.2) is 0 Å². The zero-order chi connectivity index (χ0) is 15.2. The van der Waals surface area contributed by atoms with Crippen molar-refractivity contribution in [2.75, 3.05) is 17.2 Å². The van der Waals surface area contributed by atoms with Crippen LogP contribution >= 0.6 is 23.2 Å². The number of para-hydroxylation sites is 1. The summed E-state index contributed by atoms with van der Waals surface area (Å²) in [4.78, 5) is 11.9. The van der Waals surface area contributed by atoms with E-state index in [0.29, 0.717) is 15.7 Å². The van der Waals surface area contributed by atoms with Crippen LogP contribution in [0.3, 0.4) is 0 Å². The van der Waals surface area contributed by atoms with Gasteiger partial charge in [0.15, 0.2) is 0 Å². The Morgan fingerprint density at radius 1 is 1.14 bits per heavy atom. The second-order valence-corrected chi connectivity index (χ2v) is 5.04. The maximum Gasteiger partial charge on any atom is 0.243 e. The van der Waals surface area contributed by atoms with Gasteiger partial charge in [-0.15, -0.1) is 6.42 Å². The molecule has 0 aromatic heterocycles. The average molecular weight is 319 g/mol. The molecule has 0 heterocycles. The third kappa shape index (κ3) is 4.16. The highest BCUT2D eigenvalue weighted by Crippen LogP contribution is 2.29. The Hall–Kier alpha value is -2.15. The summed E-state index contributed by atoms with van der Waals surface area (Å²) in [5.41, 5.74) is 1.92. The maximum absolute atomic E-state index is 11.9. The fourth-order valence-corrected chi connectivity index (χ4v) is 2.19. The van der Waals surface area contributed by atoms with Crippen LogP contribution in [-0.2, 0) is 4.79 Å². The third-order valence-corrected chi connectivity index (χ3v) is 3.34. The number of hydrogen-bond acceptors (Lipinski definition) is 2. The summed E-state index contributed by atoms with van der Waals surface area (Å²) in [7, 11) is 0. The third-order valence-electron chi connectivity index (χ3n) is 2.71. The van der Waals surface area contributed by atoms with Crippen LogP contribution in [0.1, 0.15) is 5.56 Å². The monoisotopic (exact) mass is 318 g/mol. The number of amides is 1. The summed E-state index contributed by atoms with van der Waals surface area (Å²) in [5, 5.41) is 6.44. The molecule has 2 aromatic rings. The number of halogens is 2. The molecule has 0 saturated heterocycles. The molecule has 0 saturated carbocycles. The molecule has 0 spiro atoms. The van der Waals surface area contributed by atoms with Crippen molar-refractivity contribution in [1.82, 2.24) is 0 Å². The van der Waals surface area contributed by atoms with Gasteiger partial charge in [0.05, 0.1) is 22.3 Å². The highest BCUT2D eigenvalue weighted by molar-refractivity contribution is 6.39. The molecule has 2 N–H and O–H groups in total. The van der Waals surface area contributed by atoms with Crippen LogP contribution in [0.2, 0.25) is 10.0 Å². The quantitative estimate of drug-likeness (QED) is 0.836. The van der Waals surface area contributed by atoms with Gasteiger partial charge in [-0.1, -0.05) is 41.3 Å². The molecule has 5 heteroatoms. The molecule has 0 radical (unpaired) electrons. The van der Waals surface area contributed by atoms with Crippen LogP contribution in [0.5, 0.6) is 0 Å². The lowest BCUT2D eigenvalue weighted by Crippen LogP contribution is -2.22. The Kier molecular flexibility index (Phi) is 5.10. The lowest BCUT2D eigenvalue weighted by atomic mass is 10.2. The highest BCUT2D eigenvalue weighted by Gasteiger charge is 2.09. The molecule has 0 aliphatic carbocycles. The van der Waals surface area contributed by atoms with Gasteiger partial charge in [0, 0.05) is 11.3 Å². The average Bonchev–Trinajstić information content (AvgIpc) is 2.49. The van der Waals surface area contributed by atoms with Crippen molar-refractivity contribution in [3.8, 4) is 12.3 Å². The summed E-state index contributed by atoms with van der Waals surface area (Å²) >= 11 is 12.0. The number of benzene rings is 2. The van der Waals surface area contributed by atoms with Crippen LogP contribution in [-0.4, -0.2) is 12.5 Å². The minimum absolute atomic E-state index is 0.0789. The van der Waals surface area contributed by atoms with Crippen molar-refractivity contribution in [2.45, 2.75) is 0 Å². The van der Waals surface area contributed by atoms with Gasteiger partial charge in [0.25, 0.3) is 0 Å². The van der Waals surface area contributed by atoms with Crippen LogP contribution < -0.4 is 10.6 Å². The summed E-state index contributed by atoms with van der Waals surface area (Å²) in [6.07, 6.45) is 5.32. The van der Waals surface area contributed by atoms with Crippen molar-refractivity contribution < 1.29 is 4.79 Å². The molecule has 1 amide bonds. The first kappa shape index (κ1) is 15.2. The van der Waals surface area contributed by atoms with E-state index in [2.05, 4.69) is 16.6 Å². The standard InChI is InChI=1S/C16H12Cl2N2O/c1-2-11-5-3-6-12(9-11)19-10-15(21)20-16-13(17)7-4-8-14(16)18/h1,3-9,19H,10H2,(H,20,21). The number of carbonyl (C=O) groups is 1. The molecular formula is C16H12Cl2N2O. The molecule has 0 aliphatic heterocycles. The van der Waals surface area contributed by atoms with Gasteiger partial charge < -0.3 is 10.6 Å². The number of carbonyl (C=O) groups excluding carboxylic acids is 1. The zero-order valence-electron chi connectivity index (χ0n) is 11.0. The minimum Gasteiger partial charge on any atom is -0.376 e.